The molecule has 0 bridgehead atoms. The normalized spacial score (nSPS) is 11.3. The average Bonchev–Trinajstić information content (AvgIpc) is 3.30. The molecule has 1 amide bonds. The van der Waals surface area contributed by atoms with Crippen molar-refractivity contribution < 1.29 is 22.4 Å². The standard InChI is InChI=1S/C25H21BrN2O5S2/c1-2-32-20-12-10-19(11-13-20)27-22(29)16-34-25-24(28-23(33-25)17-6-4-3-5-7-17)35(30,31)21-14-8-18(26)9-15-21/h3-15H,2,16H2,1H3,(H,27,29). The smallest absolute Gasteiger partial charge is 0.234 e. The molecule has 0 atom stereocenters. The number of ether oxygens (including phenoxy) is 1. The Labute approximate surface area is 216 Å². The Hall–Kier alpha value is -3.08. The maximum atomic E-state index is 13.4. The molecule has 4 rings (SSSR count). The summed E-state index contributed by atoms with van der Waals surface area (Å²) in [5.74, 6) is 0.483. The highest BCUT2D eigenvalue weighted by atomic mass is 79.9. The lowest BCUT2D eigenvalue weighted by Crippen LogP contribution is -2.14. The van der Waals surface area contributed by atoms with Crippen LogP contribution in [0.2, 0.25) is 0 Å². The van der Waals surface area contributed by atoms with Gasteiger partial charge < -0.3 is 14.5 Å². The van der Waals surface area contributed by atoms with E-state index in [0.29, 0.717) is 23.6 Å². The Bertz CT molecular complexity index is 1400. The van der Waals surface area contributed by atoms with Gasteiger partial charge in [-0.1, -0.05) is 45.9 Å². The number of benzene rings is 3. The van der Waals surface area contributed by atoms with Gasteiger partial charge in [0.25, 0.3) is 0 Å². The van der Waals surface area contributed by atoms with Crippen LogP contribution in [-0.2, 0) is 14.6 Å². The number of halogens is 1. The summed E-state index contributed by atoms with van der Waals surface area (Å²) >= 11 is 4.28. The summed E-state index contributed by atoms with van der Waals surface area (Å²) in [4.78, 5) is 16.9. The molecule has 10 heteroatoms. The third-order valence-electron chi connectivity index (χ3n) is 4.75. The van der Waals surface area contributed by atoms with Gasteiger partial charge in [0, 0.05) is 15.7 Å². The first-order valence-electron chi connectivity index (χ1n) is 10.6. The van der Waals surface area contributed by atoms with Gasteiger partial charge in [-0.25, -0.2) is 8.42 Å². The first-order chi connectivity index (χ1) is 16.9. The molecule has 1 heterocycles. The van der Waals surface area contributed by atoms with Gasteiger partial charge in [0.2, 0.25) is 31.8 Å². The highest BCUT2D eigenvalue weighted by molar-refractivity contribution is 9.10. The molecule has 1 N–H and O–H groups in total. The van der Waals surface area contributed by atoms with Gasteiger partial charge in [-0.2, -0.15) is 4.98 Å². The van der Waals surface area contributed by atoms with Crippen molar-refractivity contribution >= 4 is 49.1 Å². The molecule has 0 unspecified atom stereocenters. The van der Waals surface area contributed by atoms with E-state index < -0.39 is 9.84 Å². The number of carbonyl (C=O) groups excluding carboxylic acids is 1. The van der Waals surface area contributed by atoms with Crippen molar-refractivity contribution in [1.82, 2.24) is 4.98 Å². The minimum Gasteiger partial charge on any atom is -0.494 e. The highest BCUT2D eigenvalue weighted by Gasteiger charge is 2.29. The molecule has 3 aromatic carbocycles. The number of anilines is 1. The molecule has 1 aromatic heterocycles. The van der Waals surface area contributed by atoms with Crippen molar-refractivity contribution in [2.45, 2.75) is 21.9 Å². The number of sulfone groups is 1. The predicted molar refractivity (Wildman–Crippen MR) is 138 cm³/mol. The summed E-state index contributed by atoms with van der Waals surface area (Å²) in [5.41, 5.74) is 1.23. The largest absolute Gasteiger partial charge is 0.494 e. The fourth-order valence-corrected chi connectivity index (χ4v) is 5.71. The molecule has 0 spiro atoms. The molecule has 180 valence electrons. The number of thioether (sulfide) groups is 1. The van der Waals surface area contributed by atoms with Crippen LogP contribution >= 0.6 is 27.7 Å². The molecule has 35 heavy (non-hydrogen) atoms. The molecule has 0 saturated carbocycles. The highest BCUT2D eigenvalue weighted by Crippen LogP contribution is 2.35. The van der Waals surface area contributed by atoms with Crippen LogP contribution in [0.15, 0.2) is 103 Å². The van der Waals surface area contributed by atoms with Crippen LogP contribution in [0.5, 0.6) is 5.75 Å². The van der Waals surface area contributed by atoms with Crippen LogP contribution in [0.25, 0.3) is 11.5 Å². The second-order valence-electron chi connectivity index (χ2n) is 7.23. The zero-order valence-electron chi connectivity index (χ0n) is 18.6. The number of carbonyl (C=O) groups is 1. The number of nitrogens with zero attached hydrogens (tertiary/aromatic N) is 1. The topological polar surface area (TPSA) is 98.5 Å². The second-order valence-corrected chi connectivity index (χ2v) is 11.0. The van der Waals surface area contributed by atoms with Gasteiger partial charge in [-0.3, -0.25) is 4.79 Å². The summed E-state index contributed by atoms with van der Waals surface area (Å²) in [6.07, 6.45) is 0. The van der Waals surface area contributed by atoms with Gasteiger partial charge in [0.05, 0.1) is 17.3 Å². The quantitative estimate of drug-likeness (QED) is 0.243. The number of hydrogen-bond acceptors (Lipinski definition) is 7. The SMILES string of the molecule is CCOc1ccc(NC(=O)CSc2oc(-c3ccccc3)nc2S(=O)(=O)c2ccc(Br)cc2)cc1. The van der Waals surface area contributed by atoms with Crippen molar-refractivity contribution in [3.05, 3.63) is 83.3 Å². The molecule has 0 saturated heterocycles. The molecular weight excluding hydrogens is 552 g/mol. The fourth-order valence-electron chi connectivity index (χ4n) is 3.11. The Morgan fingerprint density at radius 2 is 1.71 bits per heavy atom. The van der Waals surface area contributed by atoms with Crippen molar-refractivity contribution in [3.8, 4) is 17.2 Å². The van der Waals surface area contributed by atoms with Crippen LogP contribution in [0.1, 0.15) is 6.92 Å². The van der Waals surface area contributed by atoms with Crippen molar-refractivity contribution in [3.63, 3.8) is 0 Å². The monoisotopic (exact) mass is 572 g/mol. The van der Waals surface area contributed by atoms with Crippen molar-refractivity contribution in [2.75, 3.05) is 17.7 Å². The minimum absolute atomic E-state index is 0.0496. The maximum absolute atomic E-state index is 13.4. The zero-order chi connectivity index (χ0) is 24.8. The summed E-state index contributed by atoms with van der Waals surface area (Å²) in [7, 11) is -3.98. The number of amides is 1. The number of aromatic nitrogens is 1. The third kappa shape index (κ3) is 6.14. The summed E-state index contributed by atoms with van der Waals surface area (Å²) in [5, 5.41) is 2.61. The van der Waals surface area contributed by atoms with Crippen LogP contribution in [0, 0.1) is 0 Å². The Morgan fingerprint density at radius 3 is 2.37 bits per heavy atom. The van der Waals surface area contributed by atoms with Gasteiger partial charge in [-0.05, 0) is 67.6 Å². The minimum atomic E-state index is -3.98. The molecule has 0 aliphatic carbocycles. The predicted octanol–water partition coefficient (Wildman–Crippen LogP) is 6.07. The molecule has 0 aliphatic rings. The number of rotatable bonds is 9. The van der Waals surface area contributed by atoms with Crippen LogP contribution in [-0.4, -0.2) is 31.7 Å². The van der Waals surface area contributed by atoms with Gasteiger partial charge in [-0.15, -0.1) is 0 Å². The summed E-state index contributed by atoms with van der Waals surface area (Å²) in [6.45, 7) is 2.45. The van der Waals surface area contributed by atoms with Crippen LogP contribution < -0.4 is 10.1 Å². The lowest BCUT2D eigenvalue weighted by molar-refractivity contribution is -0.113. The zero-order valence-corrected chi connectivity index (χ0v) is 21.8. The van der Waals surface area contributed by atoms with Crippen molar-refractivity contribution in [2.24, 2.45) is 0 Å². The van der Waals surface area contributed by atoms with E-state index >= 15 is 0 Å². The van der Waals surface area contributed by atoms with Crippen LogP contribution in [0.4, 0.5) is 5.69 Å². The van der Waals surface area contributed by atoms with Gasteiger partial charge in [0.1, 0.15) is 5.75 Å². The average molecular weight is 573 g/mol. The first kappa shape index (κ1) is 25.0. The molecular formula is C25H21BrN2O5S2. The number of hydrogen-bond donors (Lipinski definition) is 1. The lowest BCUT2D eigenvalue weighted by atomic mass is 10.2. The van der Waals surface area contributed by atoms with Gasteiger partial charge >= 0.3 is 0 Å². The Morgan fingerprint density at radius 1 is 1.03 bits per heavy atom. The second kappa shape index (κ2) is 11.1. The maximum Gasteiger partial charge on any atom is 0.234 e. The van der Waals surface area contributed by atoms with E-state index in [4.69, 9.17) is 9.15 Å². The van der Waals surface area contributed by atoms with E-state index in [1.54, 1.807) is 60.7 Å². The van der Waals surface area contributed by atoms with E-state index in [1.165, 1.54) is 12.1 Å². The van der Waals surface area contributed by atoms with Crippen LogP contribution in [0.3, 0.4) is 0 Å². The Kier molecular flexibility index (Phi) is 7.94. The van der Waals surface area contributed by atoms with E-state index in [1.807, 2.05) is 13.0 Å². The molecule has 0 radical (unpaired) electrons. The fraction of sp³-hybridized carbons (Fsp3) is 0.120. The first-order valence-corrected chi connectivity index (χ1v) is 13.9. The Balaban J connectivity index is 1.57. The molecule has 0 fully saturated rings. The lowest BCUT2D eigenvalue weighted by Gasteiger charge is -2.07. The number of oxazole rings is 1. The molecule has 7 nitrogen and oxygen atoms in total. The number of nitrogens with one attached hydrogen (secondary N) is 1. The van der Waals surface area contributed by atoms with Crippen molar-refractivity contribution in [1.29, 1.82) is 0 Å². The molecule has 0 aliphatic heterocycles. The van der Waals surface area contributed by atoms with Gasteiger partial charge in [0.15, 0.2) is 0 Å². The van der Waals surface area contributed by atoms with E-state index in [2.05, 4.69) is 26.2 Å². The molecule has 4 aromatic rings. The van der Waals surface area contributed by atoms with E-state index in [9.17, 15) is 13.2 Å². The van der Waals surface area contributed by atoms with E-state index in [-0.39, 0.29) is 32.6 Å². The van der Waals surface area contributed by atoms with E-state index in [0.717, 1.165) is 16.2 Å². The third-order valence-corrected chi connectivity index (χ3v) is 8.03. The summed E-state index contributed by atoms with van der Waals surface area (Å²) in [6, 6.07) is 22.3. The summed E-state index contributed by atoms with van der Waals surface area (Å²) < 4.78 is 38.7.